The van der Waals surface area contributed by atoms with Gasteiger partial charge in [-0.05, 0) is 31.9 Å². The van der Waals surface area contributed by atoms with Gasteiger partial charge in [-0.1, -0.05) is 24.3 Å². The maximum absolute atomic E-state index is 13.1. The van der Waals surface area contributed by atoms with Crippen molar-refractivity contribution in [3.05, 3.63) is 52.5 Å². The summed E-state index contributed by atoms with van der Waals surface area (Å²) in [7, 11) is 0. The van der Waals surface area contributed by atoms with Crippen LogP contribution in [-0.2, 0) is 15.7 Å². The van der Waals surface area contributed by atoms with Crippen LogP contribution in [0.15, 0.2) is 35.5 Å². The highest BCUT2D eigenvalue weighted by atomic mass is 19.4. The van der Waals surface area contributed by atoms with E-state index in [4.69, 9.17) is 4.74 Å². The van der Waals surface area contributed by atoms with Gasteiger partial charge in [0.05, 0.1) is 12.2 Å². The fraction of sp³-hybridized carbons (Fsp3) is 0.353. The molecular formula is C17H17F3N4O2. The van der Waals surface area contributed by atoms with Crippen molar-refractivity contribution >= 4 is 11.9 Å². The van der Waals surface area contributed by atoms with Crippen LogP contribution in [0.1, 0.15) is 36.8 Å². The Hall–Kier alpha value is -2.84. The Bertz CT molecular complexity index is 886. The highest BCUT2D eigenvalue weighted by molar-refractivity contribution is 5.92. The average Bonchev–Trinajstić information content (AvgIpc) is 2.98. The van der Waals surface area contributed by atoms with Gasteiger partial charge in [-0.3, -0.25) is 0 Å². The Balaban J connectivity index is 2.22. The third-order valence-electron chi connectivity index (χ3n) is 4.08. The van der Waals surface area contributed by atoms with Crippen LogP contribution in [0.25, 0.3) is 0 Å². The topological polar surface area (TPSA) is 69.0 Å². The van der Waals surface area contributed by atoms with Gasteiger partial charge in [0.15, 0.2) is 0 Å². The third kappa shape index (κ3) is 3.04. The van der Waals surface area contributed by atoms with Gasteiger partial charge in [0.1, 0.15) is 6.04 Å². The number of fused-ring (bicyclic) bond motifs is 1. The molecule has 138 valence electrons. The SMILES string of the molecule is CCOC(=O)C1=C(C)Nc2nc(C(F)(F)F)nn2[C@H]1c1ccccc1C. The van der Waals surface area contributed by atoms with E-state index in [0.717, 1.165) is 10.2 Å². The molecule has 0 bridgehead atoms. The Morgan fingerprint density at radius 2 is 2.00 bits per heavy atom. The van der Waals surface area contributed by atoms with Crippen LogP contribution in [0, 0.1) is 6.92 Å². The summed E-state index contributed by atoms with van der Waals surface area (Å²) < 4.78 is 45.5. The minimum Gasteiger partial charge on any atom is -0.463 e. The number of benzene rings is 1. The van der Waals surface area contributed by atoms with Gasteiger partial charge in [-0.15, -0.1) is 5.10 Å². The molecule has 0 fully saturated rings. The minimum atomic E-state index is -4.69. The number of rotatable bonds is 3. The summed E-state index contributed by atoms with van der Waals surface area (Å²) in [4.78, 5) is 16.1. The van der Waals surface area contributed by atoms with Crippen LogP contribution in [0.3, 0.4) is 0 Å². The first-order chi connectivity index (χ1) is 12.2. The van der Waals surface area contributed by atoms with E-state index in [9.17, 15) is 18.0 Å². The number of anilines is 1. The van der Waals surface area contributed by atoms with Crippen LogP contribution in [0.5, 0.6) is 0 Å². The molecule has 0 spiro atoms. The molecule has 1 aromatic carbocycles. The highest BCUT2D eigenvalue weighted by Crippen LogP contribution is 2.38. The predicted octanol–water partition coefficient (Wildman–Crippen LogP) is 3.46. The number of nitrogens with one attached hydrogen (secondary N) is 1. The van der Waals surface area contributed by atoms with Crippen LogP contribution in [-0.4, -0.2) is 27.3 Å². The standard InChI is InChI=1S/C17H17F3N4O2/c1-4-26-14(25)12-10(3)21-16-22-15(17(18,19)20)23-24(16)13(12)11-8-6-5-7-9(11)2/h5-8,13H,4H2,1-3H3,(H,21,22,23)/t13-/m0/s1. The molecule has 0 amide bonds. The van der Waals surface area contributed by atoms with Crippen molar-refractivity contribution in [3.63, 3.8) is 0 Å². The number of ether oxygens (including phenoxy) is 1. The quantitative estimate of drug-likeness (QED) is 0.843. The largest absolute Gasteiger partial charge is 0.463 e. The van der Waals surface area contributed by atoms with Crippen molar-refractivity contribution in [1.29, 1.82) is 0 Å². The second-order valence-electron chi connectivity index (χ2n) is 5.84. The summed E-state index contributed by atoms with van der Waals surface area (Å²) >= 11 is 0. The molecule has 2 heterocycles. The number of hydrogen-bond acceptors (Lipinski definition) is 5. The summed E-state index contributed by atoms with van der Waals surface area (Å²) in [5.41, 5.74) is 2.04. The van der Waals surface area contributed by atoms with Gasteiger partial charge < -0.3 is 10.1 Å². The molecule has 9 heteroatoms. The lowest BCUT2D eigenvalue weighted by Gasteiger charge is -2.29. The lowest BCUT2D eigenvalue weighted by molar-refractivity contribution is -0.145. The van der Waals surface area contributed by atoms with Crippen LogP contribution >= 0.6 is 0 Å². The number of aryl methyl sites for hydroxylation is 1. The number of nitrogens with zero attached hydrogens (tertiary/aromatic N) is 3. The normalized spacial score (nSPS) is 16.9. The van der Waals surface area contributed by atoms with Crippen molar-refractivity contribution < 1.29 is 22.7 Å². The lowest BCUT2D eigenvalue weighted by Crippen LogP contribution is -2.30. The van der Waals surface area contributed by atoms with Crippen molar-refractivity contribution in [2.75, 3.05) is 11.9 Å². The van der Waals surface area contributed by atoms with E-state index in [-0.39, 0.29) is 18.1 Å². The van der Waals surface area contributed by atoms with Gasteiger partial charge in [0.25, 0.3) is 5.82 Å². The number of carbonyl (C=O) groups is 1. The number of allylic oxidation sites excluding steroid dienone is 1. The first-order valence-corrected chi connectivity index (χ1v) is 7.98. The highest BCUT2D eigenvalue weighted by Gasteiger charge is 2.41. The number of halogens is 3. The Morgan fingerprint density at radius 3 is 2.62 bits per heavy atom. The number of esters is 1. The van der Waals surface area contributed by atoms with Gasteiger partial charge in [0.2, 0.25) is 5.95 Å². The maximum Gasteiger partial charge on any atom is 0.453 e. The summed E-state index contributed by atoms with van der Waals surface area (Å²) in [5.74, 6) is -1.95. The first kappa shape index (κ1) is 18.0. The molecule has 0 aliphatic carbocycles. The summed E-state index contributed by atoms with van der Waals surface area (Å²) in [5, 5.41) is 6.35. The predicted molar refractivity (Wildman–Crippen MR) is 87.3 cm³/mol. The zero-order valence-corrected chi connectivity index (χ0v) is 14.4. The Morgan fingerprint density at radius 1 is 1.31 bits per heavy atom. The first-order valence-electron chi connectivity index (χ1n) is 7.98. The lowest BCUT2D eigenvalue weighted by atomic mass is 9.93. The molecule has 0 saturated heterocycles. The molecule has 2 aromatic rings. The van der Waals surface area contributed by atoms with E-state index in [1.54, 1.807) is 26.0 Å². The van der Waals surface area contributed by atoms with Crippen LogP contribution in [0.4, 0.5) is 19.1 Å². The Kier molecular flexibility index (Phi) is 4.47. The van der Waals surface area contributed by atoms with Gasteiger partial charge in [-0.2, -0.15) is 18.2 Å². The Labute approximate surface area is 147 Å². The third-order valence-corrected chi connectivity index (χ3v) is 4.08. The summed E-state index contributed by atoms with van der Waals surface area (Å²) in [6, 6.07) is 6.26. The van der Waals surface area contributed by atoms with E-state index in [1.165, 1.54) is 0 Å². The number of carbonyl (C=O) groups excluding carboxylic acids is 1. The van der Waals surface area contributed by atoms with E-state index in [1.807, 2.05) is 19.1 Å². The van der Waals surface area contributed by atoms with E-state index in [0.29, 0.717) is 11.3 Å². The number of alkyl halides is 3. The van der Waals surface area contributed by atoms with Crippen molar-refractivity contribution in [1.82, 2.24) is 14.8 Å². The molecule has 1 atom stereocenters. The molecule has 1 aliphatic heterocycles. The van der Waals surface area contributed by atoms with E-state index < -0.39 is 24.0 Å². The second kappa shape index (κ2) is 6.47. The summed E-state index contributed by atoms with van der Waals surface area (Å²) in [6.07, 6.45) is -4.69. The monoisotopic (exact) mass is 366 g/mol. The van der Waals surface area contributed by atoms with Gasteiger partial charge >= 0.3 is 12.1 Å². The van der Waals surface area contributed by atoms with Crippen molar-refractivity contribution in [2.45, 2.75) is 33.0 Å². The summed E-state index contributed by atoms with van der Waals surface area (Å²) in [6.45, 7) is 5.23. The molecule has 6 nitrogen and oxygen atoms in total. The van der Waals surface area contributed by atoms with Crippen molar-refractivity contribution in [3.8, 4) is 0 Å². The molecule has 0 radical (unpaired) electrons. The van der Waals surface area contributed by atoms with Gasteiger partial charge in [-0.25, -0.2) is 9.48 Å². The average molecular weight is 366 g/mol. The minimum absolute atomic E-state index is 0.0730. The molecule has 1 aromatic heterocycles. The molecular weight excluding hydrogens is 349 g/mol. The maximum atomic E-state index is 13.1. The fourth-order valence-corrected chi connectivity index (χ4v) is 2.93. The van der Waals surface area contributed by atoms with Crippen LogP contribution in [0.2, 0.25) is 0 Å². The molecule has 1 aliphatic rings. The molecule has 1 N–H and O–H groups in total. The fourth-order valence-electron chi connectivity index (χ4n) is 2.93. The molecule has 0 unspecified atom stereocenters. The molecule has 0 saturated carbocycles. The second-order valence-corrected chi connectivity index (χ2v) is 5.84. The van der Waals surface area contributed by atoms with Crippen LogP contribution < -0.4 is 5.32 Å². The number of aromatic nitrogens is 3. The smallest absolute Gasteiger partial charge is 0.453 e. The van der Waals surface area contributed by atoms with Gasteiger partial charge in [0, 0.05) is 5.70 Å². The van der Waals surface area contributed by atoms with E-state index >= 15 is 0 Å². The molecule has 3 rings (SSSR count). The zero-order valence-electron chi connectivity index (χ0n) is 14.4. The number of hydrogen-bond donors (Lipinski definition) is 1. The van der Waals surface area contributed by atoms with E-state index in [2.05, 4.69) is 15.4 Å². The van der Waals surface area contributed by atoms with Crippen molar-refractivity contribution in [2.24, 2.45) is 0 Å². The zero-order chi connectivity index (χ0) is 19.1. The molecule has 26 heavy (non-hydrogen) atoms.